The molecular weight excluding hydrogens is 584 g/mol. The van der Waals surface area contributed by atoms with Crippen LogP contribution >= 0.6 is 31.9 Å². The first-order chi connectivity index (χ1) is 16.1. The minimum absolute atomic E-state index is 0.0711. The van der Waals surface area contributed by atoms with Crippen molar-refractivity contribution < 1.29 is 17.9 Å². The Morgan fingerprint density at radius 1 is 0.941 bits per heavy atom. The van der Waals surface area contributed by atoms with Gasteiger partial charge < -0.3 is 10.1 Å². The van der Waals surface area contributed by atoms with E-state index in [1.807, 2.05) is 48.5 Å². The second-order valence-electron chi connectivity index (χ2n) is 7.93. The molecule has 0 saturated carbocycles. The molecule has 0 unspecified atom stereocenters. The Labute approximate surface area is 217 Å². The zero-order chi connectivity index (χ0) is 24.9. The predicted octanol–water partition coefficient (Wildman–Crippen LogP) is 5.51. The number of hydrogen-bond donors (Lipinski definition) is 1. The van der Waals surface area contributed by atoms with Crippen molar-refractivity contribution >= 4 is 53.5 Å². The number of amides is 1. The molecule has 0 aliphatic rings. The number of anilines is 1. The summed E-state index contributed by atoms with van der Waals surface area (Å²) in [7, 11) is 0.725. The van der Waals surface area contributed by atoms with Crippen LogP contribution in [0, 0.1) is 5.92 Å². The van der Waals surface area contributed by atoms with Gasteiger partial charge in [0.2, 0.25) is 15.9 Å². The van der Waals surface area contributed by atoms with E-state index >= 15 is 0 Å². The molecule has 0 fully saturated rings. The number of carbonyl (C=O) groups is 1. The molecule has 0 saturated heterocycles. The maximum absolute atomic E-state index is 13.5. The highest BCUT2D eigenvalue weighted by Gasteiger charge is 2.24. The molecule has 0 radical (unpaired) electrons. The van der Waals surface area contributed by atoms with Gasteiger partial charge in [-0.3, -0.25) is 4.79 Å². The Balaban J connectivity index is 1.96. The molecule has 3 aromatic rings. The maximum Gasteiger partial charge on any atom is 0.242 e. The van der Waals surface area contributed by atoms with E-state index in [1.54, 1.807) is 6.07 Å². The first-order valence-corrected chi connectivity index (χ1v) is 13.5. The molecule has 0 heterocycles. The SMILES string of the molecule is COc1ccc(S(=O)(=O)N(C)C)cc1NC(=O)C(Cc1ccccc1Br)Cc1ccccc1Br. The lowest BCUT2D eigenvalue weighted by molar-refractivity contribution is -0.119. The van der Waals surface area contributed by atoms with Crippen LogP contribution in [-0.4, -0.2) is 39.8 Å². The van der Waals surface area contributed by atoms with E-state index < -0.39 is 15.9 Å². The standard InChI is InChI=1S/C25H26Br2N2O4S/c1-29(2)34(31,32)20-12-13-24(33-3)23(16-20)28-25(30)19(14-17-8-4-6-10-21(17)26)15-18-9-5-7-11-22(18)27/h4-13,16,19H,14-15H2,1-3H3,(H,28,30). The number of rotatable bonds is 9. The lowest BCUT2D eigenvalue weighted by Crippen LogP contribution is -2.27. The van der Waals surface area contributed by atoms with Crippen molar-refractivity contribution in [1.29, 1.82) is 0 Å². The van der Waals surface area contributed by atoms with Gasteiger partial charge in [0.25, 0.3) is 0 Å². The molecule has 0 spiro atoms. The highest BCUT2D eigenvalue weighted by Crippen LogP contribution is 2.31. The molecule has 3 aromatic carbocycles. The van der Waals surface area contributed by atoms with Gasteiger partial charge in [-0.15, -0.1) is 0 Å². The summed E-state index contributed by atoms with van der Waals surface area (Å²) in [6.07, 6.45) is 0.985. The number of benzene rings is 3. The van der Waals surface area contributed by atoms with Crippen LogP contribution in [0.5, 0.6) is 5.75 Å². The third kappa shape index (κ3) is 6.27. The average Bonchev–Trinajstić information content (AvgIpc) is 2.81. The monoisotopic (exact) mass is 608 g/mol. The zero-order valence-corrected chi connectivity index (χ0v) is 23.1. The quantitative estimate of drug-likeness (QED) is 0.347. The molecular formula is C25H26Br2N2O4S. The number of hydrogen-bond acceptors (Lipinski definition) is 4. The van der Waals surface area contributed by atoms with Gasteiger partial charge in [-0.1, -0.05) is 68.3 Å². The Morgan fingerprint density at radius 3 is 1.94 bits per heavy atom. The summed E-state index contributed by atoms with van der Waals surface area (Å²) in [6, 6.07) is 20.0. The molecule has 0 aromatic heterocycles. The fraction of sp³-hybridized carbons (Fsp3) is 0.240. The second kappa shape index (κ2) is 11.5. The number of nitrogens with one attached hydrogen (secondary N) is 1. The van der Waals surface area contributed by atoms with Gasteiger partial charge in [0.05, 0.1) is 17.7 Å². The number of halogens is 2. The summed E-state index contributed by atoms with van der Waals surface area (Å²) in [5.41, 5.74) is 2.32. The fourth-order valence-corrected chi connectivity index (χ4v) is 5.33. The number of carbonyl (C=O) groups excluding carboxylic acids is 1. The van der Waals surface area contributed by atoms with Crippen LogP contribution in [0.1, 0.15) is 11.1 Å². The number of nitrogens with zero attached hydrogens (tertiary/aromatic N) is 1. The summed E-state index contributed by atoms with van der Waals surface area (Å²) < 4.78 is 33.6. The van der Waals surface area contributed by atoms with Gasteiger partial charge in [-0.25, -0.2) is 12.7 Å². The van der Waals surface area contributed by atoms with E-state index in [0.29, 0.717) is 24.3 Å². The molecule has 0 aliphatic carbocycles. The molecule has 0 aliphatic heterocycles. The molecule has 0 bridgehead atoms. The maximum atomic E-state index is 13.5. The Hall–Kier alpha value is -2.20. The van der Waals surface area contributed by atoms with Crippen molar-refractivity contribution in [2.45, 2.75) is 17.7 Å². The molecule has 3 rings (SSSR count). The minimum Gasteiger partial charge on any atom is -0.495 e. The van der Waals surface area contributed by atoms with Crippen molar-refractivity contribution in [3.05, 3.63) is 86.8 Å². The third-order valence-corrected chi connectivity index (χ3v) is 8.78. The number of methoxy groups -OCH3 is 1. The van der Waals surface area contributed by atoms with Gasteiger partial charge >= 0.3 is 0 Å². The van der Waals surface area contributed by atoms with Crippen LogP contribution in [0.25, 0.3) is 0 Å². The first-order valence-electron chi connectivity index (χ1n) is 10.5. The second-order valence-corrected chi connectivity index (χ2v) is 11.8. The average molecular weight is 610 g/mol. The molecule has 180 valence electrons. The van der Waals surface area contributed by atoms with Gasteiger partial charge in [-0.2, -0.15) is 0 Å². The van der Waals surface area contributed by atoms with E-state index in [0.717, 1.165) is 24.4 Å². The van der Waals surface area contributed by atoms with E-state index in [4.69, 9.17) is 4.74 Å². The molecule has 9 heteroatoms. The summed E-state index contributed by atoms with van der Waals surface area (Å²) >= 11 is 7.15. The minimum atomic E-state index is -3.67. The lowest BCUT2D eigenvalue weighted by Gasteiger charge is -2.20. The van der Waals surface area contributed by atoms with Gasteiger partial charge in [-0.05, 0) is 54.3 Å². The summed E-state index contributed by atoms with van der Waals surface area (Å²) in [6.45, 7) is 0. The van der Waals surface area contributed by atoms with E-state index in [9.17, 15) is 13.2 Å². The van der Waals surface area contributed by atoms with Gasteiger partial charge in [0.1, 0.15) is 5.75 Å². The highest BCUT2D eigenvalue weighted by molar-refractivity contribution is 9.10. The zero-order valence-electron chi connectivity index (χ0n) is 19.1. The van der Waals surface area contributed by atoms with Crippen LogP contribution in [0.3, 0.4) is 0 Å². The van der Waals surface area contributed by atoms with Crippen LogP contribution < -0.4 is 10.1 Å². The van der Waals surface area contributed by atoms with Crippen molar-refractivity contribution in [2.75, 3.05) is 26.5 Å². The Kier molecular flexibility index (Phi) is 8.92. The summed E-state index contributed by atoms with van der Waals surface area (Å²) in [5, 5.41) is 2.91. The molecule has 1 amide bonds. The Morgan fingerprint density at radius 2 is 1.47 bits per heavy atom. The normalized spacial score (nSPS) is 11.6. The summed E-state index contributed by atoms with van der Waals surface area (Å²) in [4.78, 5) is 13.6. The van der Waals surface area contributed by atoms with E-state index in [-0.39, 0.29) is 10.8 Å². The fourth-order valence-electron chi connectivity index (χ4n) is 3.51. The molecule has 34 heavy (non-hydrogen) atoms. The molecule has 0 atom stereocenters. The predicted molar refractivity (Wildman–Crippen MR) is 142 cm³/mol. The first kappa shape index (κ1) is 26.4. The smallest absolute Gasteiger partial charge is 0.242 e. The third-order valence-electron chi connectivity index (χ3n) is 5.43. The van der Waals surface area contributed by atoms with Crippen LogP contribution in [0.2, 0.25) is 0 Å². The van der Waals surface area contributed by atoms with Crippen LogP contribution in [0.15, 0.2) is 80.6 Å². The molecule has 1 N–H and O–H groups in total. The van der Waals surface area contributed by atoms with Crippen LogP contribution in [0.4, 0.5) is 5.69 Å². The van der Waals surface area contributed by atoms with E-state index in [2.05, 4.69) is 37.2 Å². The summed E-state index contributed by atoms with van der Waals surface area (Å²) in [5.74, 6) is -0.271. The number of sulfonamides is 1. The van der Waals surface area contributed by atoms with Crippen molar-refractivity contribution in [2.24, 2.45) is 5.92 Å². The number of ether oxygens (including phenoxy) is 1. The topological polar surface area (TPSA) is 75.7 Å². The van der Waals surface area contributed by atoms with Gasteiger partial charge in [0, 0.05) is 29.0 Å². The van der Waals surface area contributed by atoms with Crippen molar-refractivity contribution in [1.82, 2.24) is 4.31 Å². The van der Waals surface area contributed by atoms with Gasteiger partial charge in [0.15, 0.2) is 0 Å². The van der Waals surface area contributed by atoms with Crippen molar-refractivity contribution in [3.8, 4) is 5.75 Å². The highest BCUT2D eigenvalue weighted by atomic mass is 79.9. The largest absolute Gasteiger partial charge is 0.495 e. The van der Waals surface area contributed by atoms with Crippen molar-refractivity contribution in [3.63, 3.8) is 0 Å². The van der Waals surface area contributed by atoms with E-state index in [1.165, 1.54) is 33.3 Å². The Bertz CT molecular complexity index is 1230. The lowest BCUT2D eigenvalue weighted by atomic mass is 9.91. The van der Waals surface area contributed by atoms with Crippen LogP contribution in [-0.2, 0) is 27.7 Å². The molecule has 6 nitrogen and oxygen atoms in total.